The van der Waals surface area contributed by atoms with E-state index in [0.29, 0.717) is 15.7 Å². The van der Waals surface area contributed by atoms with E-state index < -0.39 is 17.5 Å². The average molecular weight is 327 g/mol. The normalized spacial score (nSPS) is 10.3. The molecule has 0 aliphatic heterocycles. The van der Waals surface area contributed by atoms with Gasteiger partial charge in [-0.2, -0.15) is 0 Å². The van der Waals surface area contributed by atoms with Gasteiger partial charge in [-0.1, -0.05) is 0 Å². The molecule has 98 valence electrons. The van der Waals surface area contributed by atoms with Crippen LogP contribution in [-0.4, -0.2) is 5.91 Å². The molecule has 2 rings (SSSR count). The molecule has 0 radical (unpaired) electrons. The predicted molar refractivity (Wildman–Crippen MR) is 72.9 cm³/mol. The lowest BCUT2D eigenvalue weighted by molar-refractivity contribution is 0.102. The smallest absolute Gasteiger partial charge is 0.255 e. The van der Waals surface area contributed by atoms with Gasteiger partial charge in [0.25, 0.3) is 5.91 Å². The van der Waals surface area contributed by atoms with Crippen LogP contribution in [0.15, 0.2) is 40.9 Å². The number of anilines is 2. The number of rotatable bonds is 2. The molecule has 0 atom stereocenters. The molecular weight excluding hydrogens is 318 g/mol. The first kappa shape index (κ1) is 13.5. The molecule has 2 aromatic rings. The Labute approximate surface area is 116 Å². The van der Waals surface area contributed by atoms with Crippen LogP contribution in [0.5, 0.6) is 0 Å². The topological polar surface area (TPSA) is 55.1 Å². The Morgan fingerprint density at radius 2 is 1.84 bits per heavy atom. The van der Waals surface area contributed by atoms with Gasteiger partial charge in [-0.05, 0) is 46.3 Å². The second kappa shape index (κ2) is 5.36. The van der Waals surface area contributed by atoms with E-state index in [0.717, 1.165) is 12.1 Å². The molecule has 19 heavy (non-hydrogen) atoms. The number of hydrogen-bond acceptors (Lipinski definition) is 2. The summed E-state index contributed by atoms with van der Waals surface area (Å²) in [5.74, 6) is -2.42. The first-order chi connectivity index (χ1) is 8.97. The Hall–Kier alpha value is -1.95. The quantitative estimate of drug-likeness (QED) is 0.829. The molecule has 2 aromatic carbocycles. The van der Waals surface area contributed by atoms with Crippen molar-refractivity contribution in [1.29, 1.82) is 0 Å². The van der Waals surface area contributed by atoms with Gasteiger partial charge >= 0.3 is 0 Å². The number of carbonyl (C=O) groups is 1. The van der Waals surface area contributed by atoms with E-state index in [4.69, 9.17) is 5.73 Å². The third-order valence-electron chi connectivity index (χ3n) is 2.44. The monoisotopic (exact) mass is 326 g/mol. The number of nitrogens with one attached hydrogen (secondary N) is 1. The van der Waals surface area contributed by atoms with Crippen molar-refractivity contribution in [1.82, 2.24) is 0 Å². The van der Waals surface area contributed by atoms with Gasteiger partial charge in [-0.3, -0.25) is 4.79 Å². The Bertz CT molecular complexity index is 647. The molecule has 0 bridgehead atoms. The van der Waals surface area contributed by atoms with Crippen LogP contribution in [0.1, 0.15) is 10.4 Å². The van der Waals surface area contributed by atoms with E-state index in [1.807, 2.05) is 0 Å². The van der Waals surface area contributed by atoms with Crippen molar-refractivity contribution in [3.8, 4) is 0 Å². The lowest BCUT2D eigenvalue weighted by Gasteiger charge is -2.07. The van der Waals surface area contributed by atoms with Crippen molar-refractivity contribution in [3.63, 3.8) is 0 Å². The molecular formula is C13H9BrF2N2O. The summed E-state index contributed by atoms with van der Waals surface area (Å²) >= 11 is 3.21. The van der Waals surface area contributed by atoms with Gasteiger partial charge in [0.2, 0.25) is 0 Å². The largest absolute Gasteiger partial charge is 0.398 e. The average Bonchev–Trinajstić information content (AvgIpc) is 2.37. The summed E-state index contributed by atoms with van der Waals surface area (Å²) in [5, 5.41) is 2.47. The summed E-state index contributed by atoms with van der Waals surface area (Å²) < 4.78 is 26.3. The molecule has 0 saturated carbocycles. The van der Waals surface area contributed by atoms with Gasteiger partial charge < -0.3 is 11.1 Å². The first-order valence-corrected chi connectivity index (χ1v) is 6.08. The number of halogens is 3. The van der Waals surface area contributed by atoms with Crippen LogP contribution in [0.4, 0.5) is 20.2 Å². The minimum absolute atomic E-state index is 0.178. The van der Waals surface area contributed by atoms with Crippen molar-refractivity contribution < 1.29 is 13.6 Å². The van der Waals surface area contributed by atoms with Crippen molar-refractivity contribution in [2.24, 2.45) is 0 Å². The number of amides is 1. The van der Waals surface area contributed by atoms with E-state index in [1.54, 1.807) is 12.1 Å². The summed E-state index contributed by atoms with van der Waals surface area (Å²) in [4.78, 5) is 11.9. The molecule has 0 saturated heterocycles. The van der Waals surface area contributed by atoms with Crippen LogP contribution >= 0.6 is 15.9 Å². The maximum atomic E-state index is 13.0. The van der Waals surface area contributed by atoms with E-state index in [9.17, 15) is 13.6 Å². The van der Waals surface area contributed by atoms with Crippen LogP contribution < -0.4 is 11.1 Å². The molecule has 1 amide bonds. The highest BCUT2D eigenvalue weighted by Crippen LogP contribution is 2.21. The third-order valence-corrected chi connectivity index (χ3v) is 3.13. The lowest BCUT2D eigenvalue weighted by atomic mass is 10.2. The molecule has 0 fully saturated rings. The first-order valence-electron chi connectivity index (χ1n) is 5.29. The summed E-state index contributed by atoms with van der Waals surface area (Å²) in [6.07, 6.45) is 0. The minimum atomic E-state index is -1.02. The predicted octanol–water partition coefficient (Wildman–Crippen LogP) is 3.56. The van der Waals surface area contributed by atoms with Crippen LogP contribution in [-0.2, 0) is 0 Å². The highest BCUT2D eigenvalue weighted by molar-refractivity contribution is 9.10. The Morgan fingerprint density at radius 1 is 1.11 bits per heavy atom. The molecule has 3 nitrogen and oxygen atoms in total. The standard InChI is InChI=1S/C13H9BrF2N2O/c14-9-5-7(1-4-12(9)17)13(19)18-8-2-3-10(15)11(16)6-8/h1-6H,17H2,(H,18,19). The van der Waals surface area contributed by atoms with E-state index in [2.05, 4.69) is 21.2 Å². The molecule has 0 unspecified atom stereocenters. The Balaban J connectivity index is 2.20. The van der Waals surface area contributed by atoms with Crippen molar-refractivity contribution in [2.75, 3.05) is 11.1 Å². The SMILES string of the molecule is Nc1ccc(C(=O)Nc2ccc(F)c(F)c2)cc1Br. The maximum absolute atomic E-state index is 13.0. The van der Waals surface area contributed by atoms with E-state index in [1.165, 1.54) is 12.1 Å². The fourth-order valence-electron chi connectivity index (χ4n) is 1.45. The molecule has 0 aliphatic rings. The molecule has 0 aliphatic carbocycles. The maximum Gasteiger partial charge on any atom is 0.255 e. The molecule has 3 N–H and O–H groups in total. The summed E-state index contributed by atoms with van der Waals surface area (Å²) in [5.41, 5.74) is 6.64. The molecule has 0 aromatic heterocycles. The highest BCUT2D eigenvalue weighted by Gasteiger charge is 2.09. The number of benzene rings is 2. The van der Waals surface area contributed by atoms with Gasteiger partial charge in [0, 0.05) is 27.5 Å². The summed E-state index contributed by atoms with van der Waals surface area (Å²) in [6, 6.07) is 7.80. The molecule has 0 heterocycles. The fraction of sp³-hybridized carbons (Fsp3) is 0. The fourth-order valence-corrected chi connectivity index (χ4v) is 1.82. The van der Waals surface area contributed by atoms with Crippen LogP contribution in [0.3, 0.4) is 0 Å². The molecule has 6 heteroatoms. The zero-order valence-electron chi connectivity index (χ0n) is 9.58. The van der Waals surface area contributed by atoms with Crippen LogP contribution in [0.25, 0.3) is 0 Å². The van der Waals surface area contributed by atoms with Gasteiger partial charge in [0.15, 0.2) is 11.6 Å². The second-order valence-electron chi connectivity index (χ2n) is 3.82. The van der Waals surface area contributed by atoms with Crippen LogP contribution in [0, 0.1) is 11.6 Å². The van der Waals surface area contributed by atoms with Gasteiger partial charge in [0.1, 0.15) is 0 Å². The zero-order valence-corrected chi connectivity index (χ0v) is 11.2. The van der Waals surface area contributed by atoms with Gasteiger partial charge in [-0.15, -0.1) is 0 Å². The summed E-state index contributed by atoms with van der Waals surface area (Å²) in [7, 11) is 0. The number of nitrogen functional groups attached to an aromatic ring is 1. The zero-order chi connectivity index (χ0) is 14.0. The number of hydrogen-bond donors (Lipinski definition) is 2. The second-order valence-corrected chi connectivity index (χ2v) is 4.67. The number of nitrogens with two attached hydrogens (primary N) is 1. The highest BCUT2D eigenvalue weighted by atomic mass is 79.9. The lowest BCUT2D eigenvalue weighted by Crippen LogP contribution is -2.12. The Morgan fingerprint density at radius 3 is 2.47 bits per heavy atom. The van der Waals surface area contributed by atoms with Crippen molar-refractivity contribution in [2.45, 2.75) is 0 Å². The van der Waals surface area contributed by atoms with Crippen molar-refractivity contribution in [3.05, 3.63) is 58.1 Å². The van der Waals surface area contributed by atoms with Crippen molar-refractivity contribution >= 4 is 33.2 Å². The Kier molecular flexibility index (Phi) is 3.80. The number of carbonyl (C=O) groups excluding carboxylic acids is 1. The van der Waals surface area contributed by atoms with E-state index in [-0.39, 0.29) is 5.69 Å². The van der Waals surface area contributed by atoms with Crippen LogP contribution in [0.2, 0.25) is 0 Å². The molecule has 0 spiro atoms. The van der Waals surface area contributed by atoms with Gasteiger partial charge in [-0.25, -0.2) is 8.78 Å². The van der Waals surface area contributed by atoms with E-state index >= 15 is 0 Å². The van der Waals surface area contributed by atoms with Gasteiger partial charge in [0.05, 0.1) is 0 Å². The third kappa shape index (κ3) is 3.08. The summed E-state index contributed by atoms with van der Waals surface area (Å²) in [6.45, 7) is 0. The minimum Gasteiger partial charge on any atom is -0.398 e.